The number of aryl methyl sites for hydroxylation is 1. The van der Waals surface area contributed by atoms with Crippen LogP contribution in [0.5, 0.6) is 0 Å². The van der Waals surface area contributed by atoms with Crippen LogP contribution in [0.3, 0.4) is 0 Å². The zero-order valence-corrected chi connectivity index (χ0v) is 21.3. The van der Waals surface area contributed by atoms with Crippen LogP contribution in [0.25, 0.3) is 11.8 Å². The second kappa shape index (κ2) is 8.80. The molecule has 2 amide bonds. The number of hydrogen-bond acceptors (Lipinski definition) is 3. The monoisotopic (exact) mass is 575 g/mol. The predicted octanol–water partition coefficient (Wildman–Crippen LogP) is 5.49. The summed E-state index contributed by atoms with van der Waals surface area (Å²) in [5.74, 6) is -1.00. The van der Waals surface area contributed by atoms with Gasteiger partial charge in [-0.05, 0) is 115 Å². The van der Waals surface area contributed by atoms with Gasteiger partial charge in [0.15, 0.2) is 5.11 Å². The highest BCUT2D eigenvalue weighted by Gasteiger charge is 2.35. The van der Waals surface area contributed by atoms with E-state index in [9.17, 15) is 9.59 Å². The third kappa shape index (κ3) is 4.00. The van der Waals surface area contributed by atoms with Crippen LogP contribution >= 0.6 is 46.4 Å². The number of nitrogens with zero attached hydrogens (tertiary/aromatic N) is 2. The van der Waals surface area contributed by atoms with Crippen molar-refractivity contribution in [2.45, 2.75) is 20.8 Å². The molecule has 0 radical (unpaired) electrons. The number of anilines is 1. The molecule has 1 aromatic heterocycles. The number of benzene rings is 2. The van der Waals surface area contributed by atoms with E-state index < -0.39 is 11.8 Å². The summed E-state index contributed by atoms with van der Waals surface area (Å²) in [5.41, 5.74) is 4.99. The number of nitrogens with one attached hydrogen (secondary N) is 1. The number of carbonyl (C=O) groups excluding carboxylic acids is 2. The topological polar surface area (TPSA) is 54.3 Å². The molecule has 162 valence electrons. The van der Waals surface area contributed by atoms with Crippen molar-refractivity contribution in [3.63, 3.8) is 0 Å². The number of carbonyl (C=O) groups is 2. The Morgan fingerprint density at radius 1 is 1.06 bits per heavy atom. The second-order valence-electron chi connectivity index (χ2n) is 7.48. The smallest absolute Gasteiger partial charge is 0.270 e. The second-order valence-corrected chi connectivity index (χ2v) is 9.52. The van der Waals surface area contributed by atoms with Gasteiger partial charge in [0, 0.05) is 25.7 Å². The number of thiocarbonyl (C=S) groups is 1. The van der Waals surface area contributed by atoms with Gasteiger partial charge in [-0.3, -0.25) is 19.8 Å². The highest BCUT2D eigenvalue weighted by molar-refractivity contribution is 14.1. The van der Waals surface area contributed by atoms with Crippen molar-refractivity contribution in [3.8, 4) is 5.69 Å². The first-order chi connectivity index (χ1) is 15.2. The van der Waals surface area contributed by atoms with Crippen LogP contribution in [0.4, 0.5) is 5.69 Å². The number of rotatable bonds is 3. The summed E-state index contributed by atoms with van der Waals surface area (Å²) in [7, 11) is 0. The average molecular weight is 576 g/mol. The van der Waals surface area contributed by atoms with Crippen molar-refractivity contribution in [3.05, 3.63) is 85.2 Å². The fourth-order valence-electron chi connectivity index (χ4n) is 3.79. The summed E-state index contributed by atoms with van der Waals surface area (Å²) in [4.78, 5) is 27.4. The van der Waals surface area contributed by atoms with Crippen LogP contribution in [0.2, 0.25) is 5.02 Å². The van der Waals surface area contributed by atoms with Gasteiger partial charge in [-0.25, -0.2) is 0 Å². The Morgan fingerprint density at radius 2 is 1.75 bits per heavy atom. The molecule has 2 heterocycles. The lowest BCUT2D eigenvalue weighted by molar-refractivity contribution is -0.122. The SMILES string of the molecule is Cc1c(Cl)cccc1N1C(=O)/C(=C\c2cc(C)n(-c3ccc(I)cc3)c2C)C(=O)NC1=S. The minimum absolute atomic E-state index is 0.0147. The van der Waals surface area contributed by atoms with Gasteiger partial charge in [-0.1, -0.05) is 17.7 Å². The molecule has 1 fully saturated rings. The van der Waals surface area contributed by atoms with E-state index in [1.165, 1.54) is 4.90 Å². The highest BCUT2D eigenvalue weighted by atomic mass is 127. The summed E-state index contributed by atoms with van der Waals surface area (Å²) < 4.78 is 3.24. The average Bonchev–Trinajstić information content (AvgIpc) is 3.02. The zero-order valence-electron chi connectivity index (χ0n) is 17.6. The van der Waals surface area contributed by atoms with Crippen molar-refractivity contribution in [1.82, 2.24) is 9.88 Å². The van der Waals surface area contributed by atoms with E-state index in [4.69, 9.17) is 23.8 Å². The van der Waals surface area contributed by atoms with Gasteiger partial charge in [0.2, 0.25) is 0 Å². The molecule has 8 heteroatoms. The van der Waals surface area contributed by atoms with Crippen LogP contribution < -0.4 is 10.2 Å². The normalized spacial score (nSPS) is 15.5. The van der Waals surface area contributed by atoms with Crippen LogP contribution in [0, 0.1) is 24.3 Å². The molecule has 1 aliphatic heterocycles. The molecule has 1 N–H and O–H groups in total. The van der Waals surface area contributed by atoms with E-state index >= 15 is 0 Å². The van der Waals surface area contributed by atoms with Gasteiger partial charge in [-0.2, -0.15) is 0 Å². The van der Waals surface area contributed by atoms with Crippen LogP contribution in [0.1, 0.15) is 22.5 Å². The third-order valence-electron chi connectivity index (χ3n) is 5.44. The van der Waals surface area contributed by atoms with E-state index in [-0.39, 0.29) is 10.7 Å². The van der Waals surface area contributed by atoms with Crippen molar-refractivity contribution in [2.24, 2.45) is 0 Å². The Hall–Kier alpha value is -2.49. The van der Waals surface area contributed by atoms with Crippen LogP contribution in [0.15, 0.2) is 54.1 Å². The third-order valence-corrected chi connectivity index (χ3v) is 6.85. The lowest BCUT2D eigenvalue weighted by Crippen LogP contribution is -2.54. The first-order valence-corrected chi connectivity index (χ1v) is 11.7. The number of halogens is 2. The maximum atomic E-state index is 13.4. The van der Waals surface area contributed by atoms with Gasteiger partial charge in [0.25, 0.3) is 11.8 Å². The Kier molecular flexibility index (Phi) is 6.24. The fraction of sp³-hybridized carbons (Fsp3) is 0.125. The summed E-state index contributed by atoms with van der Waals surface area (Å²) in [6.45, 7) is 5.76. The minimum Gasteiger partial charge on any atom is -0.318 e. The van der Waals surface area contributed by atoms with Crippen molar-refractivity contribution in [1.29, 1.82) is 0 Å². The molecular formula is C24H19ClIN3O2S. The highest BCUT2D eigenvalue weighted by Crippen LogP contribution is 2.30. The molecule has 0 spiro atoms. The molecule has 0 saturated carbocycles. The molecule has 32 heavy (non-hydrogen) atoms. The molecule has 0 aliphatic carbocycles. The minimum atomic E-state index is -0.519. The number of aromatic nitrogens is 1. The lowest BCUT2D eigenvalue weighted by Gasteiger charge is -2.30. The molecule has 1 saturated heterocycles. The van der Waals surface area contributed by atoms with E-state index in [2.05, 4.69) is 32.5 Å². The molecule has 2 aromatic carbocycles. The van der Waals surface area contributed by atoms with E-state index in [0.29, 0.717) is 16.3 Å². The maximum Gasteiger partial charge on any atom is 0.270 e. The van der Waals surface area contributed by atoms with E-state index in [1.807, 2.05) is 51.1 Å². The largest absolute Gasteiger partial charge is 0.318 e. The summed E-state index contributed by atoms with van der Waals surface area (Å²) >= 11 is 13.8. The summed E-state index contributed by atoms with van der Waals surface area (Å²) in [6, 6.07) is 15.4. The number of hydrogen-bond donors (Lipinski definition) is 1. The van der Waals surface area contributed by atoms with Gasteiger partial charge in [-0.15, -0.1) is 0 Å². The van der Waals surface area contributed by atoms with Crippen molar-refractivity contribution >= 4 is 75.1 Å². The van der Waals surface area contributed by atoms with Gasteiger partial charge in [0.1, 0.15) is 5.57 Å². The Balaban J connectivity index is 1.78. The molecule has 0 unspecified atom stereocenters. The first-order valence-electron chi connectivity index (χ1n) is 9.80. The Morgan fingerprint density at radius 3 is 2.44 bits per heavy atom. The molecule has 3 aromatic rings. The van der Waals surface area contributed by atoms with Crippen LogP contribution in [-0.4, -0.2) is 21.5 Å². The molecule has 0 atom stereocenters. The number of amides is 2. The van der Waals surface area contributed by atoms with Crippen molar-refractivity contribution in [2.75, 3.05) is 4.90 Å². The van der Waals surface area contributed by atoms with Gasteiger partial charge in [0.05, 0.1) is 5.69 Å². The first kappa shape index (κ1) is 22.7. The van der Waals surface area contributed by atoms with Gasteiger partial charge >= 0.3 is 0 Å². The van der Waals surface area contributed by atoms with E-state index in [1.54, 1.807) is 24.3 Å². The maximum absolute atomic E-state index is 13.4. The molecule has 4 rings (SSSR count). The summed E-state index contributed by atoms with van der Waals surface area (Å²) in [5, 5.41) is 3.18. The van der Waals surface area contributed by atoms with Crippen LogP contribution in [-0.2, 0) is 9.59 Å². The van der Waals surface area contributed by atoms with E-state index in [0.717, 1.165) is 26.2 Å². The Bertz CT molecular complexity index is 1310. The molecule has 0 bridgehead atoms. The molecule has 5 nitrogen and oxygen atoms in total. The lowest BCUT2D eigenvalue weighted by atomic mass is 10.1. The molecule has 1 aliphatic rings. The standard InChI is InChI=1S/C24H19ClIN3O2S/c1-13-11-16(15(3)28(13)18-9-7-17(26)8-10-18)12-19-22(30)27-24(32)29(23(19)31)21-6-4-5-20(25)14(21)2/h4-12H,1-3H3,(H,27,30,32)/b19-12-. The van der Waals surface area contributed by atoms with Gasteiger partial charge < -0.3 is 4.57 Å². The summed E-state index contributed by atoms with van der Waals surface area (Å²) in [6.07, 6.45) is 1.62. The fourth-order valence-corrected chi connectivity index (χ4v) is 4.59. The Labute approximate surface area is 210 Å². The van der Waals surface area contributed by atoms with Crippen molar-refractivity contribution < 1.29 is 9.59 Å². The zero-order chi connectivity index (χ0) is 23.2. The molecular weight excluding hydrogens is 557 g/mol. The predicted molar refractivity (Wildman–Crippen MR) is 140 cm³/mol. The quantitative estimate of drug-likeness (QED) is 0.194.